The van der Waals surface area contributed by atoms with E-state index in [0.29, 0.717) is 12.1 Å². The van der Waals surface area contributed by atoms with Gasteiger partial charge in [0, 0.05) is 25.2 Å². The van der Waals surface area contributed by atoms with E-state index in [1.54, 1.807) is 6.07 Å². The first-order valence-electron chi connectivity index (χ1n) is 6.58. The van der Waals surface area contributed by atoms with Crippen molar-refractivity contribution in [2.45, 2.75) is 26.4 Å². The van der Waals surface area contributed by atoms with E-state index in [2.05, 4.69) is 16.0 Å². The van der Waals surface area contributed by atoms with Gasteiger partial charge < -0.3 is 16.0 Å². The third kappa shape index (κ3) is 3.54. The summed E-state index contributed by atoms with van der Waals surface area (Å²) >= 11 is 0. The molecule has 5 nitrogen and oxygen atoms in total. The normalized spacial score (nSPS) is 12.9. The lowest BCUT2D eigenvalue weighted by Crippen LogP contribution is -2.37. The van der Waals surface area contributed by atoms with E-state index in [1.165, 1.54) is 5.56 Å². The van der Waals surface area contributed by atoms with Crippen molar-refractivity contribution in [2.24, 2.45) is 0 Å². The minimum absolute atomic E-state index is 0.0220. The molecule has 1 aromatic rings. The van der Waals surface area contributed by atoms with Gasteiger partial charge in [0.05, 0.1) is 6.54 Å². The highest BCUT2D eigenvalue weighted by atomic mass is 16.2. The van der Waals surface area contributed by atoms with Gasteiger partial charge in [-0.15, -0.1) is 0 Å². The Morgan fingerprint density at radius 2 is 2.00 bits per heavy atom. The molecule has 0 atom stereocenters. The van der Waals surface area contributed by atoms with Gasteiger partial charge >= 0.3 is 0 Å². The maximum Gasteiger partial charge on any atom is 0.251 e. The number of hydrogen-bond donors (Lipinski definition) is 3. The molecule has 1 heterocycles. The fraction of sp³-hybridized carbons (Fsp3) is 0.429. The number of nitrogens with one attached hydrogen (secondary N) is 3. The Bertz CT molecular complexity index is 486. The lowest BCUT2D eigenvalue weighted by atomic mass is 10.1. The summed E-state index contributed by atoms with van der Waals surface area (Å²) in [6.45, 7) is 4.30. The van der Waals surface area contributed by atoms with Crippen LogP contribution in [0.1, 0.15) is 34.8 Å². The van der Waals surface area contributed by atoms with E-state index in [4.69, 9.17) is 0 Å². The Morgan fingerprint density at radius 1 is 1.21 bits per heavy atom. The molecule has 3 N–H and O–H groups in total. The number of carbonyl (C=O) groups is 2. The molecule has 102 valence electrons. The van der Waals surface area contributed by atoms with E-state index >= 15 is 0 Å². The minimum atomic E-state index is -0.207. The molecule has 19 heavy (non-hydrogen) atoms. The lowest BCUT2D eigenvalue weighted by molar-refractivity contribution is -0.120. The minimum Gasteiger partial charge on any atom is -0.355 e. The van der Waals surface area contributed by atoms with E-state index in [0.717, 1.165) is 25.1 Å². The summed E-state index contributed by atoms with van der Waals surface area (Å²) in [5.74, 6) is -0.362. The summed E-state index contributed by atoms with van der Waals surface area (Å²) in [5, 5.41) is 8.58. The second kappa shape index (κ2) is 6.33. The third-order valence-corrected chi connectivity index (χ3v) is 3.08. The van der Waals surface area contributed by atoms with Crippen LogP contribution in [-0.2, 0) is 17.9 Å². The summed E-state index contributed by atoms with van der Waals surface area (Å²) in [6.07, 6.45) is 0.886. The average Bonchev–Trinajstić information content (AvgIpc) is 2.89. The van der Waals surface area contributed by atoms with Gasteiger partial charge in [-0.25, -0.2) is 0 Å². The highest BCUT2D eigenvalue weighted by Crippen LogP contribution is 2.16. The highest BCUT2D eigenvalue weighted by molar-refractivity contribution is 5.96. The summed E-state index contributed by atoms with van der Waals surface area (Å²) in [4.78, 5) is 23.3. The van der Waals surface area contributed by atoms with Crippen LogP contribution in [0.3, 0.4) is 0 Å². The largest absolute Gasteiger partial charge is 0.355 e. The van der Waals surface area contributed by atoms with Crippen LogP contribution in [0.4, 0.5) is 0 Å². The van der Waals surface area contributed by atoms with Crippen molar-refractivity contribution < 1.29 is 9.59 Å². The predicted molar refractivity (Wildman–Crippen MR) is 72.6 cm³/mol. The van der Waals surface area contributed by atoms with Gasteiger partial charge in [-0.05, 0) is 29.7 Å². The van der Waals surface area contributed by atoms with Crippen LogP contribution in [0, 0.1) is 0 Å². The molecule has 1 aliphatic rings. The molecule has 0 fully saturated rings. The number of amides is 2. The molecule has 0 aliphatic carbocycles. The standard InChI is InChI=1S/C14H19N3O2/c1-2-5-16-13(18)9-17-14(19)10-3-4-11-7-15-8-12(11)6-10/h3-4,6,15H,2,5,7-9H2,1H3,(H,16,18)(H,17,19). The number of benzene rings is 1. The van der Waals surface area contributed by atoms with E-state index < -0.39 is 0 Å². The summed E-state index contributed by atoms with van der Waals surface area (Å²) in [6, 6.07) is 5.64. The van der Waals surface area contributed by atoms with Crippen LogP contribution >= 0.6 is 0 Å². The van der Waals surface area contributed by atoms with Crippen molar-refractivity contribution in [1.29, 1.82) is 0 Å². The van der Waals surface area contributed by atoms with Crippen LogP contribution in [0.15, 0.2) is 18.2 Å². The van der Waals surface area contributed by atoms with Gasteiger partial charge in [-0.2, -0.15) is 0 Å². The number of hydrogen-bond acceptors (Lipinski definition) is 3. The quantitative estimate of drug-likeness (QED) is 0.725. The molecule has 0 unspecified atom stereocenters. The molecule has 1 aliphatic heterocycles. The van der Waals surface area contributed by atoms with Crippen LogP contribution < -0.4 is 16.0 Å². The molecule has 2 amide bonds. The van der Waals surface area contributed by atoms with Crippen LogP contribution in [0.2, 0.25) is 0 Å². The fourth-order valence-electron chi connectivity index (χ4n) is 2.03. The SMILES string of the molecule is CCCNC(=O)CNC(=O)c1ccc2c(c1)CNC2. The van der Waals surface area contributed by atoms with Crippen molar-refractivity contribution >= 4 is 11.8 Å². The van der Waals surface area contributed by atoms with Gasteiger partial charge in [0.15, 0.2) is 0 Å². The Balaban J connectivity index is 1.88. The van der Waals surface area contributed by atoms with Crippen molar-refractivity contribution in [3.63, 3.8) is 0 Å². The van der Waals surface area contributed by atoms with E-state index in [9.17, 15) is 9.59 Å². The summed E-state index contributed by atoms with van der Waals surface area (Å²) in [7, 11) is 0. The van der Waals surface area contributed by atoms with Gasteiger partial charge in [0.1, 0.15) is 0 Å². The number of fused-ring (bicyclic) bond motifs is 1. The van der Waals surface area contributed by atoms with Gasteiger partial charge in [-0.1, -0.05) is 13.0 Å². The Kier molecular flexibility index (Phi) is 4.52. The van der Waals surface area contributed by atoms with E-state index in [1.807, 2.05) is 19.1 Å². The first kappa shape index (κ1) is 13.5. The molecule has 5 heteroatoms. The number of carbonyl (C=O) groups excluding carboxylic acids is 2. The number of rotatable bonds is 5. The second-order valence-electron chi connectivity index (χ2n) is 4.62. The van der Waals surface area contributed by atoms with Gasteiger partial charge in [0.2, 0.25) is 5.91 Å². The first-order chi connectivity index (χ1) is 9.20. The fourth-order valence-corrected chi connectivity index (χ4v) is 2.03. The monoisotopic (exact) mass is 261 g/mol. The van der Waals surface area contributed by atoms with Crippen molar-refractivity contribution in [1.82, 2.24) is 16.0 Å². The summed E-state index contributed by atoms with van der Waals surface area (Å²) in [5.41, 5.74) is 2.99. The van der Waals surface area contributed by atoms with E-state index in [-0.39, 0.29) is 18.4 Å². The molecule has 2 rings (SSSR count). The van der Waals surface area contributed by atoms with Crippen LogP contribution in [-0.4, -0.2) is 24.9 Å². The second-order valence-corrected chi connectivity index (χ2v) is 4.62. The van der Waals surface area contributed by atoms with Crippen LogP contribution in [0.25, 0.3) is 0 Å². The molecule has 0 saturated heterocycles. The molecule has 0 saturated carbocycles. The smallest absolute Gasteiger partial charge is 0.251 e. The Hall–Kier alpha value is -1.88. The zero-order chi connectivity index (χ0) is 13.7. The average molecular weight is 261 g/mol. The molecule has 0 radical (unpaired) electrons. The van der Waals surface area contributed by atoms with Gasteiger partial charge in [-0.3, -0.25) is 9.59 Å². The molecule has 0 spiro atoms. The Morgan fingerprint density at radius 3 is 2.79 bits per heavy atom. The van der Waals surface area contributed by atoms with Crippen molar-refractivity contribution in [2.75, 3.05) is 13.1 Å². The maximum atomic E-state index is 11.9. The topological polar surface area (TPSA) is 70.2 Å². The third-order valence-electron chi connectivity index (χ3n) is 3.08. The zero-order valence-corrected chi connectivity index (χ0v) is 11.1. The molecular weight excluding hydrogens is 242 g/mol. The molecule has 1 aromatic carbocycles. The molecular formula is C14H19N3O2. The Labute approximate surface area is 112 Å². The molecule has 0 bridgehead atoms. The van der Waals surface area contributed by atoms with Gasteiger partial charge in [0.25, 0.3) is 5.91 Å². The lowest BCUT2D eigenvalue weighted by Gasteiger charge is -2.07. The zero-order valence-electron chi connectivity index (χ0n) is 11.1. The predicted octanol–water partition coefficient (Wildman–Crippen LogP) is 0.546. The first-order valence-corrected chi connectivity index (χ1v) is 6.58. The van der Waals surface area contributed by atoms with Crippen molar-refractivity contribution in [3.05, 3.63) is 34.9 Å². The molecule has 0 aromatic heterocycles. The summed E-state index contributed by atoms with van der Waals surface area (Å²) < 4.78 is 0. The highest BCUT2D eigenvalue weighted by Gasteiger charge is 2.13. The maximum absolute atomic E-state index is 11.9. The van der Waals surface area contributed by atoms with Crippen molar-refractivity contribution in [3.8, 4) is 0 Å². The van der Waals surface area contributed by atoms with Crippen LogP contribution in [0.5, 0.6) is 0 Å².